The van der Waals surface area contributed by atoms with Crippen molar-refractivity contribution in [3.05, 3.63) is 59.7 Å². The van der Waals surface area contributed by atoms with Crippen LogP contribution in [0.25, 0.3) is 0 Å². The fourth-order valence-corrected chi connectivity index (χ4v) is 3.25. The summed E-state index contributed by atoms with van der Waals surface area (Å²) >= 11 is 0. The van der Waals surface area contributed by atoms with Crippen molar-refractivity contribution in [2.45, 2.75) is 13.8 Å². The minimum absolute atomic E-state index is 0.0168. The first kappa shape index (κ1) is 20.4. The van der Waals surface area contributed by atoms with E-state index in [-0.39, 0.29) is 17.7 Å². The van der Waals surface area contributed by atoms with E-state index in [1.54, 1.807) is 46.2 Å². The number of amides is 3. The van der Waals surface area contributed by atoms with Crippen LogP contribution in [0.4, 0.5) is 5.69 Å². The van der Waals surface area contributed by atoms with Crippen LogP contribution in [0.2, 0.25) is 0 Å². The van der Waals surface area contributed by atoms with Gasteiger partial charge in [-0.15, -0.1) is 0 Å². The van der Waals surface area contributed by atoms with Crippen LogP contribution in [0.15, 0.2) is 48.5 Å². The molecule has 0 aromatic heterocycles. The molecule has 1 aliphatic rings. The Morgan fingerprint density at radius 1 is 0.931 bits per heavy atom. The molecule has 0 atom stereocenters. The predicted octanol–water partition coefficient (Wildman–Crippen LogP) is 2.64. The van der Waals surface area contributed by atoms with Gasteiger partial charge in [0.05, 0.1) is 12.3 Å². The quantitative estimate of drug-likeness (QED) is 0.844. The highest BCUT2D eigenvalue weighted by molar-refractivity contribution is 6.06. The second-order valence-electron chi connectivity index (χ2n) is 6.76. The van der Waals surface area contributed by atoms with E-state index in [4.69, 9.17) is 4.74 Å². The van der Waals surface area contributed by atoms with Gasteiger partial charge in [-0.25, -0.2) is 0 Å². The number of hydrogen-bond donors (Lipinski definition) is 1. The summed E-state index contributed by atoms with van der Waals surface area (Å²) < 4.78 is 5.54. The molecule has 0 unspecified atom stereocenters. The highest BCUT2D eigenvalue weighted by Crippen LogP contribution is 2.24. The average molecular weight is 395 g/mol. The molecule has 0 saturated carbocycles. The van der Waals surface area contributed by atoms with E-state index in [1.807, 2.05) is 19.1 Å². The molecule has 3 rings (SSSR count). The van der Waals surface area contributed by atoms with Gasteiger partial charge in [0.1, 0.15) is 5.75 Å². The van der Waals surface area contributed by atoms with Gasteiger partial charge in [0.2, 0.25) is 5.91 Å². The van der Waals surface area contributed by atoms with Crippen LogP contribution in [-0.2, 0) is 4.79 Å². The second kappa shape index (κ2) is 9.23. The minimum atomic E-state index is -0.312. The Kier molecular flexibility index (Phi) is 6.49. The minimum Gasteiger partial charge on any atom is -0.492 e. The maximum absolute atomic E-state index is 12.8. The zero-order valence-electron chi connectivity index (χ0n) is 16.7. The molecule has 0 aliphatic carbocycles. The molecule has 1 N–H and O–H groups in total. The number of rotatable bonds is 5. The summed E-state index contributed by atoms with van der Waals surface area (Å²) in [5, 5.41) is 2.84. The maximum atomic E-state index is 12.8. The molecule has 0 radical (unpaired) electrons. The molecule has 1 heterocycles. The number of nitrogens with one attached hydrogen (secondary N) is 1. The summed E-state index contributed by atoms with van der Waals surface area (Å²) in [7, 11) is 0. The molecular formula is C22H25N3O4. The number of para-hydroxylation sites is 2. The van der Waals surface area contributed by atoms with E-state index in [0.29, 0.717) is 55.3 Å². The molecule has 1 saturated heterocycles. The summed E-state index contributed by atoms with van der Waals surface area (Å²) in [6.07, 6.45) is 0. The Hall–Kier alpha value is -3.35. The predicted molar refractivity (Wildman–Crippen MR) is 110 cm³/mol. The van der Waals surface area contributed by atoms with Crippen molar-refractivity contribution in [2.75, 3.05) is 38.1 Å². The topological polar surface area (TPSA) is 79.0 Å². The fourth-order valence-electron chi connectivity index (χ4n) is 3.25. The zero-order valence-corrected chi connectivity index (χ0v) is 16.7. The third-order valence-corrected chi connectivity index (χ3v) is 4.82. The average Bonchev–Trinajstić information content (AvgIpc) is 2.75. The molecular weight excluding hydrogens is 370 g/mol. The number of nitrogens with zero attached hydrogens (tertiary/aromatic N) is 2. The summed E-state index contributed by atoms with van der Waals surface area (Å²) in [5.74, 6) is 0.160. The van der Waals surface area contributed by atoms with Crippen molar-refractivity contribution in [3.63, 3.8) is 0 Å². The first-order chi connectivity index (χ1) is 14.0. The molecule has 2 aromatic carbocycles. The lowest BCUT2D eigenvalue weighted by Gasteiger charge is -2.34. The van der Waals surface area contributed by atoms with E-state index >= 15 is 0 Å². The fraction of sp³-hybridized carbons (Fsp3) is 0.318. The summed E-state index contributed by atoms with van der Waals surface area (Å²) in [5.41, 5.74) is 1.42. The van der Waals surface area contributed by atoms with Crippen LogP contribution >= 0.6 is 0 Å². The van der Waals surface area contributed by atoms with E-state index in [2.05, 4.69) is 5.32 Å². The molecule has 1 aliphatic heterocycles. The van der Waals surface area contributed by atoms with Crippen molar-refractivity contribution in [1.29, 1.82) is 0 Å². The molecule has 2 aromatic rings. The molecule has 0 bridgehead atoms. The van der Waals surface area contributed by atoms with Gasteiger partial charge in [-0.1, -0.05) is 18.2 Å². The highest BCUT2D eigenvalue weighted by atomic mass is 16.5. The van der Waals surface area contributed by atoms with E-state index in [9.17, 15) is 14.4 Å². The van der Waals surface area contributed by atoms with Crippen LogP contribution in [0.5, 0.6) is 5.75 Å². The van der Waals surface area contributed by atoms with Gasteiger partial charge in [0.25, 0.3) is 11.8 Å². The molecule has 7 heteroatoms. The SMILES string of the molecule is CCOc1ccccc1NC(=O)c1cccc(C(=O)N2CCN(C(C)=O)CC2)c1. The Morgan fingerprint density at radius 3 is 2.28 bits per heavy atom. The number of benzene rings is 2. The van der Waals surface area contributed by atoms with E-state index in [1.165, 1.54) is 6.92 Å². The molecule has 29 heavy (non-hydrogen) atoms. The number of piperazine rings is 1. The van der Waals surface area contributed by atoms with Gasteiger partial charge in [0, 0.05) is 44.2 Å². The number of hydrogen-bond acceptors (Lipinski definition) is 4. The van der Waals surface area contributed by atoms with Gasteiger partial charge >= 0.3 is 0 Å². The maximum Gasteiger partial charge on any atom is 0.255 e. The summed E-state index contributed by atoms with van der Waals surface area (Å²) in [4.78, 5) is 40.4. The number of anilines is 1. The van der Waals surface area contributed by atoms with Crippen molar-refractivity contribution in [1.82, 2.24) is 9.80 Å². The third-order valence-electron chi connectivity index (χ3n) is 4.82. The first-order valence-electron chi connectivity index (χ1n) is 9.67. The van der Waals surface area contributed by atoms with Crippen LogP contribution in [0.3, 0.4) is 0 Å². The normalized spacial score (nSPS) is 13.7. The van der Waals surface area contributed by atoms with Crippen LogP contribution in [0, 0.1) is 0 Å². The molecule has 1 fully saturated rings. The van der Waals surface area contributed by atoms with Crippen LogP contribution < -0.4 is 10.1 Å². The highest BCUT2D eigenvalue weighted by Gasteiger charge is 2.23. The van der Waals surface area contributed by atoms with Crippen molar-refractivity contribution in [3.8, 4) is 5.75 Å². The number of carbonyl (C=O) groups is 3. The lowest BCUT2D eigenvalue weighted by molar-refractivity contribution is -0.130. The monoisotopic (exact) mass is 395 g/mol. The smallest absolute Gasteiger partial charge is 0.255 e. The largest absolute Gasteiger partial charge is 0.492 e. The van der Waals surface area contributed by atoms with Gasteiger partial charge in [-0.2, -0.15) is 0 Å². The Bertz CT molecular complexity index is 904. The van der Waals surface area contributed by atoms with Crippen molar-refractivity contribution in [2.24, 2.45) is 0 Å². The van der Waals surface area contributed by atoms with Crippen LogP contribution in [-0.4, -0.2) is 60.3 Å². The van der Waals surface area contributed by atoms with Gasteiger partial charge in [-0.3, -0.25) is 14.4 Å². The van der Waals surface area contributed by atoms with Gasteiger partial charge < -0.3 is 19.9 Å². The standard InChI is InChI=1S/C22H25N3O4/c1-3-29-20-10-5-4-9-19(20)23-21(27)17-7-6-8-18(15-17)22(28)25-13-11-24(12-14-25)16(2)26/h4-10,15H,3,11-14H2,1-2H3,(H,23,27). The molecule has 3 amide bonds. The van der Waals surface area contributed by atoms with Gasteiger partial charge in [-0.05, 0) is 37.3 Å². The second-order valence-corrected chi connectivity index (χ2v) is 6.76. The summed E-state index contributed by atoms with van der Waals surface area (Å²) in [6.45, 7) is 5.92. The molecule has 152 valence electrons. The van der Waals surface area contributed by atoms with Crippen LogP contribution in [0.1, 0.15) is 34.6 Å². The van der Waals surface area contributed by atoms with E-state index < -0.39 is 0 Å². The summed E-state index contributed by atoms with van der Waals surface area (Å²) in [6, 6.07) is 13.9. The van der Waals surface area contributed by atoms with Crippen molar-refractivity contribution >= 4 is 23.4 Å². The number of carbonyl (C=O) groups excluding carboxylic acids is 3. The van der Waals surface area contributed by atoms with Crippen molar-refractivity contribution < 1.29 is 19.1 Å². The Labute approximate surface area is 170 Å². The Balaban J connectivity index is 1.70. The Morgan fingerprint density at radius 2 is 1.59 bits per heavy atom. The third kappa shape index (κ3) is 4.93. The first-order valence-corrected chi connectivity index (χ1v) is 9.67. The lowest BCUT2D eigenvalue weighted by atomic mass is 10.1. The zero-order chi connectivity index (χ0) is 20.8. The molecule has 7 nitrogen and oxygen atoms in total. The number of ether oxygens (including phenoxy) is 1. The molecule has 0 spiro atoms. The van der Waals surface area contributed by atoms with Gasteiger partial charge in [0.15, 0.2) is 0 Å². The van der Waals surface area contributed by atoms with E-state index in [0.717, 1.165) is 0 Å². The lowest BCUT2D eigenvalue weighted by Crippen LogP contribution is -2.50.